The van der Waals surface area contributed by atoms with Gasteiger partial charge in [0.25, 0.3) is 5.91 Å². The minimum Gasteiger partial charge on any atom is -0.427 e. The molecule has 0 aliphatic carbocycles. The van der Waals surface area contributed by atoms with E-state index in [1.807, 2.05) is 37.3 Å². The molecule has 0 aliphatic heterocycles. The van der Waals surface area contributed by atoms with Crippen molar-refractivity contribution in [1.82, 2.24) is 15.3 Å². The summed E-state index contributed by atoms with van der Waals surface area (Å²) in [6, 6.07) is 8.23. The Morgan fingerprint density at radius 1 is 1.21 bits per heavy atom. The van der Waals surface area contributed by atoms with Crippen LogP contribution >= 0.6 is 0 Å². The van der Waals surface area contributed by atoms with Crippen molar-refractivity contribution >= 4 is 18.8 Å². The summed E-state index contributed by atoms with van der Waals surface area (Å²) < 4.78 is 0. The molecule has 2 aromatic rings. The minimum absolute atomic E-state index is 0.0739. The Hall–Kier alpha value is -2.62. The topological polar surface area (TPSA) is 138 Å². The van der Waals surface area contributed by atoms with Gasteiger partial charge in [0, 0.05) is 12.4 Å². The molecule has 0 spiro atoms. The van der Waals surface area contributed by atoms with Gasteiger partial charge in [-0.25, -0.2) is 4.98 Å². The zero-order valence-electron chi connectivity index (χ0n) is 15.7. The number of carbonyl (C=O) groups is 2. The van der Waals surface area contributed by atoms with Gasteiger partial charge in [-0.15, -0.1) is 0 Å². The van der Waals surface area contributed by atoms with Crippen LogP contribution in [-0.2, 0) is 11.2 Å². The average molecular weight is 384 g/mol. The van der Waals surface area contributed by atoms with Gasteiger partial charge in [-0.3, -0.25) is 14.6 Å². The first-order valence-corrected chi connectivity index (χ1v) is 9.13. The number of carbonyl (C=O) groups excluding carboxylic acids is 2. The maximum absolute atomic E-state index is 13.1. The number of hydrogen-bond acceptors (Lipinski definition) is 7. The second-order valence-electron chi connectivity index (χ2n) is 6.81. The van der Waals surface area contributed by atoms with E-state index < -0.39 is 30.7 Å². The van der Waals surface area contributed by atoms with Crippen LogP contribution in [0.2, 0.25) is 5.82 Å². The number of benzene rings is 1. The van der Waals surface area contributed by atoms with E-state index in [1.165, 1.54) is 18.6 Å². The van der Waals surface area contributed by atoms with E-state index in [-0.39, 0.29) is 24.5 Å². The Bertz CT molecular complexity index is 761. The number of amides is 1. The van der Waals surface area contributed by atoms with Crippen molar-refractivity contribution in [2.75, 3.05) is 6.54 Å². The first-order chi connectivity index (χ1) is 13.4. The molecule has 1 heterocycles. The largest absolute Gasteiger partial charge is 0.462 e. The van der Waals surface area contributed by atoms with Crippen LogP contribution in [-0.4, -0.2) is 51.4 Å². The van der Waals surface area contributed by atoms with E-state index in [4.69, 9.17) is 5.73 Å². The Morgan fingerprint density at radius 3 is 2.50 bits per heavy atom. The molecule has 28 heavy (non-hydrogen) atoms. The predicted molar refractivity (Wildman–Crippen MR) is 105 cm³/mol. The third kappa shape index (κ3) is 6.23. The lowest BCUT2D eigenvalue weighted by Crippen LogP contribution is -2.47. The predicted octanol–water partition coefficient (Wildman–Crippen LogP) is 0.215. The molecule has 0 bridgehead atoms. The number of rotatable bonds is 10. The summed E-state index contributed by atoms with van der Waals surface area (Å²) in [6.07, 6.45) is 4.54. The zero-order chi connectivity index (χ0) is 20.5. The fourth-order valence-electron chi connectivity index (χ4n) is 2.89. The molecule has 5 N–H and O–H groups in total. The highest BCUT2D eigenvalue weighted by atomic mass is 16.4. The van der Waals surface area contributed by atoms with Gasteiger partial charge in [0.05, 0.1) is 18.1 Å². The highest BCUT2D eigenvalue weighted by molar-refractivity contribution is 6.49. The van der Waals surface area contributed by atoms with Crippen LogP contribution in [0, 0.1) is 5.92 Å². The van der Waals surface area contributed by atoms with Gasteiger partial charge in [-0.05, 0) is 30.9 Å². The Morgan fingerprint density at radius 2 is 1.93 bits per heavy atom. The molecule has 8 nitrogen and oxygen atoms in total. The van der Waals surface area contributed by atoms with Crippen molar-refractivity contribution in [3.05, 3.63) is 60.2 Å². The van der Waals surface area contributed by atoms with E-state index in [0.717, 1.165) is 5.56 Å². The Kier molecular flexibility index (Phi) is 8.25. The highest BCUT2D eigenvalue weighted by Gasteiger charge is 2.37. The highest BCUT2D eigenvalue weighted by Crippen LogP contribution is 2.23. The van der Waals surface area contributed by atoms with Gasteiger partial charge in [-0.2, -0.15) is 0 Å². The van der Waals surface area contributed by atoms with Crippen LogP contribution in [0.1, 0.15) is 29.4 Å². The van der Waals surface area contributed by atoms with Crippen LogP contribution in [0.15, 0.2) is 48.9 Å². The number of nitrogens with two attached hydrogens (primary N) is 1. The summed E-state index contributed by atoms with van der Waals surface area (Å²) in [4.78, 5) is 33.4. The van der Waals surface area contributed by atoms with Crippen molar-refractivity contribution in [3.63, 3.8) is 0 Å². The summed E-state index contributed by atoms with van der Waals surface area (Å²) in [5.41, 5.74) is 6.52. The molecule has 2 rings (SSSR count). The maximum atomic E-state index is 13.1. The van der Waals surface area contributed by atoms with Crippen molar-refractivity contribution < 1.29 is 19.6 Å². The van der Waals surface area contributed by atoms with Crippen molar-refractivity contribution in [2.24, 2.45) is 11.7 Å². The van der Waals surface area contributed by atoms with Gasteiger partial charge in [0.1, 0.15) is 5.69 Å². The molecule has 148 valence electrons. The van der Waals surface area contributed by atoms with Crippen LogP contribution in [0.4, 0.5) is 0 Å². The summed E-state index contributed by atoms with van der Waals surface area (Å²) in [6.45, 7) is 2.14. The van der Waals surface area contributed by atoms with Crippen LogP contribution in [0.25, 0.3) is 0 Å². The number of aromatic nitrogens is 2. The van der Waals surface area contributed by atoms with Gasteiger partial charge >= 0.3 is 7.12 Å². The Balaban J connectivity index is 2.25. The van der Waals surface area contributed by atoms with Crippen LogP contribution in [0.3, 0.4) is 0 Å². The first kappa shape index (κ1) is 21.7. The number of ketones is 1. The molecule has 0 aliphatic rings. The third-order valence-electron chi connectivity index (χ3n) is 4.51. The summed E-state index contributed by atoms with van der Waals surface area (Å²) in [5.74, 6) is -2.16. The van der Waals surface area contributed by atoms with E-state index in [0.29, 0.717) is 6.54 Å². The molecule has 3 atom stereocenters. The van der Waals surface area contributed by atoms with E-state index in [1.54, 1.807) is 0 Å². The fourth-order valence-corrected chi connectivity index (χ4v) is 2.89. The van der Waals surface area contributed by atoms with Gasteiger partial charge in [0.2, 0.25) is 0 Å². The number of nitrogens with zero attached hydrogens (tertiary/aromatic N) is 2. The summed E-state index contributed by atoms with van der Waals surface area (Å²) in [5, 5.41) is 22.2. The van der Waals surface area contributed by atoms with E-state index >= 15 is 0 Å². The van der Waals surface area contributed by atoms with E-state index in [2.05, 4.69) is 15.3 Å². The molecule has 0 radical (unpaired) electrons. The van der Waals surface area contributed by atoms with Gasteiger partial charge in [0.15, 0.2) is 5.78 Å². The SMILES string of the molecule is CC(CN)CC(B(O)O)C(=O)C(Cc1ccccc1)NC(=O)c1cnccn1. The Labute approximate surface area is 164 Å². The quantitative estimate of drug-likeness (QED) is 0.430. The van der Waals surface area contributed by atoms with E-state index in [9.17, 15) is 19.6 Å². The number of Topliss-reactive ketones (excluding diaryl/α,β-unsaturated/α-hetero) is 1. The molecular weight excluding hydrogens is 359 g/mol. The number of hydrogen-bond donors (Lipinski definition) is 4. The summed E-state index contributed by atoms with van der Waals surface area (Å²) in [7, 11) is -1.84. The second-order valence-corrected chi connectivity index (χ2v) is 6.81. The molecule has 3 unspecified atom stereocenters. The smallest absolute Gasteiger partial charge is 0.427 e. The monoisotopic (exact) mass is 384 g/mol. The molecule has 1 aromatic heterocycles. The lowest BCUT2D eigenvalue weighted by molar-refractivity contribution is -0.121. The van der Waals surface area contributed by atoms with Gasteiger partial charge < -0.3 is 21.1 Å². The first-order valence-electron chi connectivity index (χ1n) is 9.13. The fraction of sp³-hybridized carbons (Fsp3) is 0.368. The molecule has 1 amide bonds. The van der Waals surface area contributed by atoms with Gasteiger partial charge in [-0.1, -0.05) is 37.3 Å². The molecule has 9 heteroatoms. The van der Waals surface area contributed by atoms with Crippen molar-refractivity contribution in [3.8, 4) is 0 Å². The van der Waals surface area contributed by atoms with Crippen LogP contribution < -0.4 is 11.1 Å². The lowest BCUT2D eigenvalue weighted by Gasteiger charge is -2.24. The molecule has 1 aromatic carbocycles. The standard InChI is InChI=1S/C19H25BN4O4/c1-13(11-21)9-15(20(27)28)18(25)16(10-14-5-3-2-4-6-14)24-19(26)17-12-22-7-8-23-17/h2-8,12-13,15-16,27-28H,9-11,21H2,1H3,(H,24,26). The second kappa shape index (κ2) is 10.7. The average Bonchev–Trinajstić information content (AvgIpc) is 2.71. The molecule has 0 saturated heterocycles. The third-order valence-corrected chi connectivity index (χ3v) is 4.51. The molecular formula is C19H25BN4O4. The molecule has 0 saturated carbocycles. The lowest BCUT2D eigenvalue weighted by atomic mass is 9.64. The normalized spacial score (nSPS) is 14.0. The van der Waals surface area contributed by atoms with Crippen LogP contribution in [0.5, 0.6) is 0 Å². The van der Waals surface area contributed by atoms with Crippen molar-refractivity contribution in [2.45, 2.75) is 31.6 Å². The molecule has 0 fully saturated rings. The zero-order valence-corrected chi connectivity index (χ0v) is 15.7. The summed E-state index contributed by atoms with van der Waals surface area (Å²) >= 11 is 0. The maximum Gasteiger partial charge on any atom is 0.462 e. The number of nitrogens with one attached hydrogen (secondary N) is 1. The minimum atomic E-state index is -1.84. The van der Waals surface area contributed by atoms with Crippen molar-refractivity contribution in [1.29, 1.82) is 0 Å².